The lowest BCUT2D eigenvalue weighted by atomic mass is 9.93. The van der Waals surface area contributed by atoms with Crippen LogP contribution in [0.2, 0.25) is 0 Å². The molecule has 0 radical (unpaired) electrons. The average Bonchev–Trinajstić information content (AvgIpc) is 2.48. The van der Waals surface area contributed by atoms with Crippen molar-refractivity contribution in [3.05, 3.63) is 70.3 Å². The van der Waals surface area contributed by atoms with Crippen LogP contribution in [0.3, 0.4) is 0 Å². The topological polar surface area (TPSA) is 12.0 Å². The van der Waals surface area contributed by atoms with Crippen LogP contribution >= 0.6 is 0 Å². The van der Waals surface area contributed by atoms with Gasteiger partial charge in [-0.3, -0.25) is 0 Å². The minimum atomic E-state index is 0.439. The summed E-state index contributed by atoms with van der Waals surface area (Å²) in [6.45, 7) is 9.79. The summed E-state index contributed by atoms with van der Waals surface area (Å²) in [5, 5.41) is 3.66. The van der Waals surface area contributed by atoms with Crippen LogP contribution in [-0.2, 0) is 6.42 Å². The molecule has 1 atom stereocenters. The van der Waals surface area contributed by atoms with Crippen LogP contribution in [0.25, 0.3) is 0 Å². The third-order valence-electron chi connectivity index (χ3n) is 4.22. The van der Waals surface area contributed by atoms with E-state index in [1.54, 1.807) is 0 Å². The smallest absolute Gasteiger partial charge is 0.0326 e. The molecule has 0 spiro atoms. The van der Waals surface area contributed by atoms with Gasteiger partial charge in [0.25, 0.3) is 0 Å². The Hall–Kier alpha value is -1.60. The third kappa shape index (κ3) is 4.18. The van der Waals surface area contributed by atoms with Gasteiger partial charge in [0.05, 0.1) is 0 Å². The van der Waals surface area contributed by atoms with E-state index < -0.39 is 0 Å². The molecule has 2 aromatic rings. The minimum Gasteiger partial charge on any atom is -0.310 e. The van der Waals surface area contributed by atoms with Gasteiger partial charge in [-0.25, -0.2) is 0 Å². The Balaban J connectivity index is 2.16. The van der Waals surface area contributed by atoms with E-state index in [9.17, 15) is 0 Å². The number of rotatable bonds is 6. The van der Waals surface area contributed by atoms with Crippen molar-refractivity contribution in [1.29, 1.82) is 0 Å². The van der Waals surface area contributed by atoms with Gasteiger partial charge < -0.3 is 5.32 Å². The lowest BCUT2D eigenvalue weighted by molar-refractivity contribution is 0.512. The van der Waals surface area contributed by atoms with Gasteiger partial charge in [0.1, 0.15) is 0 Å². The first-order chi connectivity index (χ1) is 10.1. The number of hydrogen-bond donors (Lipinski definition) is 1. The number of hydrogen-bond acceptors (Lipinski definition) is 1. The van der Waals surface area contributed by atoms with Crippen molar-refractivity contribution >= 4 is 0 Å². The summed E-state index contributed by atoms with van der Waals surface area (Å²) in [4.78, 5) is 0. The first-order valence-electron chi connectivity index (χ1n) is 7.97. The molecule has 0 aliphatic rings. The Bertz CT molecular complexity index is 586. The van der Waals surface area contributed by atoms with Crippen LogP contribution < -0.4 is 5.32 Å². The second-order valence-corrected chi connectivity index (χ2v) is 5.94. The van der Waals surface area contributed by atoms with Crippen LogP contribution in [0.15, 0.2) is 42.5 Å². The maximum absolute atomic E-state index is 3.66. The Morgan fingerprint density at radius 3 is 2.43 bits per heavy atom. The summed E-state index contributed by atoms with van der Waals surface area (Å²) in [7, 11) is 0. The monoisotopic (exact) mass is 281 g/mol. The Labute approximate surface area is 129 Å². The zero-order valence-electron chi connectivity index (χ0n) is 13.7. The van der Waals surface area contributed by atoms with Gasteiger partial charge in [-0.05, 0) is 62.4 Å². The minimum absolute atomic E-state index is 0.439. The van der Waals surface area contributed by atoms with E-state index in [1.165, 1.54) is 27.8 Å². The molecule has 0 aliphatic heterocycles. The summed E-state index contributed by atoms with van der Waals surface area (Å²) < 4.78 is 0. The molecule has 21 heavy (non-hydrogen) atoms. The highest BCUT2D eigenvalue weighted by Crippen LogP contribution is 2.24. The average molecular weight is 281 g/mol. The van der Waals surface area contributed by atoms with E-state index in [2.05, 4.69) is 75.5 Å². The molecule has 1 heteroatoms. The summed E-state index contributed by atoms with van der Waals surface area (Å²) in [5.74, 6) is 0. The van der Waals surface area contributed by atoms with Crippen LogP contribution in [-0.4, -0.2) is 6.54 Å². The van der Waals surface area contributed by atoms with Gasteiger partial charge in [0.2, 0.25) is 0 Å². The van der Waals surface area contributed by atoms with Gasteiger partial charge >= 0.3 is 0 Å². The molecule has 0 saturated carbocycles. The number of aryl methyl sites for hydroxylation is 4. The SMILES string of the molecule is CCNC(CCc1ccccc1C)c1cc(C)ccc1C. The van der Waals surface area contributed by atoms with E-state index in [-0.39, 0.29) is 0 Å². The maximum atomic E-state index is 3.66. The molecule has 0 aromatic heterocycles. The lowest BCUT2D eigenvalue weighted by Crippen LogP contribution is -2.22. The molecule has 0 fully saturated rings. The highest BCUT2D eigenvalue weighted by molar-refractivity contribution is 5.33. The summed E-state index contributed by atoms with van der Waals surface area (Å²) in [6, 6.07) is 15.9. The Morgan fingerprint density at radius 2 is 1.71 bits per heavy atom. The van der Waals surface area contributed by atoms with Crippen molar-refractivity contribution in [2.24, 2.45) is 0 Å². The fraction of sp³-hybridized carbons (Fsp3) is 0.400. The van der Waals surface area contributed by atoms with Crippen molar-refractivity contribution in [1.82, 2.24) is 5.32 Å². The molecule has 1 N–H and O–H groups in total. The molecule has 0 amide bonds. The molecule has 0 heterocycles. The summed E-state index contributed by atoms with van der Waals surface area (Å²) in [6.07, 6.45) is 2.26. The van der Waals surface area contributed by atoms with Crippen molar-refractivity contribution < 1.29 is 0 Å². The van der Waals surface area contributed by atoms with Crippen LogP contribution in [0.4, 0.5) is 0 Å². The molecule has 1 unspecified atom stereocenters. The molecule has 2 aromatic carbocycles. The van der Waals surface area contributed by atoms with Crippen LogP contribution in [0.5, 0.6) is 0 Å². The molecular weight excluding hydrogens is 254 g/mol. The first kappa shape index (κ1) is 15.8. The largest absolute Gasteiger partial charge is 0.310 e. The maximum Gasteiger partial charge on any atom is 0.0326 e. The third-order valence-corrected chi connectivity index (χ3v) is 4.22. The number of benzene rings is 2. The molecule has 1 nitrogen and oxygen atoms in total. The van der Waals surface area contributed by atoms with Crippen molar-refractivity contribution in [3.63, 3.8) is 0 Å². The molecular formula is C20H27N. The van der Waals surface area contributed by atoms with E-state index in [0.717, 1.165) is 19.4 Å². The zero-order valence-corrected chi connectivity index (χ0v) is 13.7. The van der Waals surface area contributed by atoms with Crippen molar-refractivity contribution in [3.8, 4) is 0 Å². The lowest BCUT2D eigenvalue weighted by Gasteiger charge is -2.21. The van der Waals surface area contributed by atoms with Crippen LogP contribution in [0, 0.1) is 20.8 Å². The molecule has 0 saturated heterocycles. The standard InChI is InChI=1S/C20H27N/c1-5-21-20(19-14-15(2)10-11-17(19)4)13-12-18-9-7-6-8-16(18)3/h6-11,14,20-21H,5,12-13H2,1-4H3. The highest BCUT2D eigenvalue weighted by Gasteiger charge is 2.13. The predicted molar refractivity (Wildman–Crippen MR) is 91.8 cm³/mol. The van der Waals surface area contributed by atoms with Crippen LogP contribution in [0.1, 0.15) is 47.2 Å². The second-order valence-electron chi connectivity index (χ2n) is 5.94. The Kier molecular flexibility index (Phi) is 5.58. The van der Waals surface area contributed by atoms with E-state index >= 15 is 0 Å². The van der Waals surface area contributed by atoms with E-state index in [4.69, 9.17) is 0 Å². The Morgan fingerprint density at radius 1 is 0.952 bits per heavy atom. The van der Waals surface area contributed by atoms with E-state index in [1.807, 2.05) is 0 Å². The fourth-order valence-electron chi connectivity index (χ4n) is 2.94. The van der Waals surface area contributed by atoms with Gasteiger partial charge in [-0.2, -0.15) is 0 Å². The molecule has 0 aliphatic carbocycles. The predicted octanol–water partition coefficient (Wildman–Crippen LogP) is 4.90. The van der Waals surface area contributed by atoms with Crippen molar-refractivity contribution in [2.75, 3.05) is 6.54 Å². The molecule has 0 bridgehead atoms. The second kappa shape index (κ2) is 7.42. The molecule has 2 rings (SSSR count). The van der Waals surface area contributed by atoms with Gasteiger partial charge in [0.15, 0.2) is 0 Å². The first-order valence-corrected chi connectivity index (χ1v) is 7.97. The highest BCUT2D eigenvalue weighted by atomic mass is 14.9. The van der Waals surface area contributed by atoms with Gasteiger partial charge in [-0.15, -0.1) is 0 Å². The number of nitrogens with one attached hydrogen (secondary N) is 1. The van der Waals surface area contributed by atoms with E-state index in [0.29, 0.717) is 6.04 Å². The zero-order chi connectivity index (χ0) is 15.2. The summed E-state index contributed by atoms with van der Waals surface area (Å²) >= 11 is 0. The summed E-state index contributed by atoms with van der Waals surface area (Å²) in [5.41, 5.74) is 7.04. The van der Waals surface area contributed by atoms with Crippen molar-refractivity contribution in [2.45, 2.75) is 46.6 Å². The fourth-order valence-corrected chi connectivity index (χ4v) is 2.94. The molecule has 112 valence electrons. The van der Waals surface area contributed by atoms with Gasteiger partial charge in [0, 0.05) is 6.04 Å². The quantitative estimate of drug-likeness (QED) is 0.794. The normalized spacial score (nSPS) is 12.4. The van der Waals surface area contributed by atoms with Gasteiger partial charge in [-0.1, -0.05) is 55.0 Å².